The molecule has 0 radical (unpaired) electrons. The van der Waals surface area contributed by atoms with Gasteiger partial charge in [-0.25, -0.2) is 0 Å². The third kappa shape index (κ3) is 5.85. The van der Waals surface area contributed by atoms with Crippen molar-refractivity contribution >= 4 is 22.7 Å². The molecule has 0 fully saturated rings. The first-order valence-electron chi connectivity index (χ1n) is 14.0. The van der Waals surface area contributed by atoms with Gasteiger partial charge in [0.05, 0.1) is 17.2 Å². The second-order valence-electron chi connectivity index (χ2n) is 10.3. The van der Waals surface area contributed by atoms with Gasteiger partial charge in [-0.05, 0) is 56.4 Å². The van der Waals surface area contributed by atoms with Crippen molar-refractivity contribution in [3.63, 3.8) is 0 Å². The van der Waals surface area contributed by atoms with Crippen molar-refractivity contribution in [2.75, 3.05) is 26.2 Å². The van der Waals surface area contributed by atoms with Gasteiger partial charge < -0.3 is 19.1 Å². The Balaban J connectivity index is 1.53. The smallest absolute Gasteiger partial charge is 0.257 e. The van der Waals surface area contributed by atoms with Crippen molar-refractivity contribution in [2.45, 2.75) is 38.6 Å². The lowest BCUT2D eigenvalue weighted by molar-refractivity contribution is 0.0607. The minimum absolute atomic E-state index is 0.00403. The van der Waals surface area contributed by atoms with Crippen LogP contribution >= 0.6 is 0 Å². The molecule has 202 valence electrons. The molecule has 0 aliphatic carbocycles. The molecule has 5 rings (SSSR count). The molecule has 0 bridgehead atoms. The summed E-state index contributed by atoms with van der Waals surface area (Å²) in [6, 6.07) is 25.6. The first-order chi connectivity index (χ1) is 19.1. The quantitative estimate of drug-likeness (QED) is 0.332. The number of fused-ring (bicyclic) bond motifs is 2. The zero-order valence-electron chi connectivity index (χ0n) is 22.9. The number of aromatic nitrogens is 1. The maximum atomic E-state index is 14.3. The molecular weight excluding hydrogens is 486 g/mol. The van der Waals surface area contributed by atoms with E-state index in [0.29, 0.717) is 49.5 Å². The summed E-state index contributed by atoms with van der Waals surface area (Å²) in [5.74, 6) is 0.581. The average Bonchev–Trinajstić information content (AvgIpc) is 3.31. The molecule has 4 aromatic rings. The second-order valence-corrected chi connectivity index (χ2v) is 10.3. The lowest BCUT2D eigenvalue weighted by Gasteiger charge is -2.32. The molecule has 6 nitrogen and oxygen atoms in total. The number of carbonyl (C=O) groups excluding carboxylic acids is 2. The highest BCUT2D eigenvalue weighted by Gasteiger charge is 2.29. The molecule has 0 unspecified atom stereocenters. The van der Waals surface area contributed by atoms with E-state index in [2.05, 4.69) is 12.1 Å². The highest BCUT2D eigenvalue weighted by molar-refractivity contribution is 6.07. The fourth-order valence-corrected chi connectivity index (χ4v) is 5.55. The summed E-state index contributed by atoms with van der Waals surface area (Å²) in [4.78, 5) is 31.6. The SMILES string of the molecule is CCN1CCCCCN(C(=O)c2cn(C)c3ccccc23)[C@H](Cc2ccccc2)COc2ccccc2C1=O. The molecule has 1 atom stereocenters. The van der Waals surface area contributed by atoms with Gasteiger partial charge in [-0.1, -0.05) is 60.7 Å². The summed E-state index contributed by atoms with van der Waals surface area (Å²) in [6.07, 6.45) is 5.29. The summed E-state index contributed by atoms with van der Waals surface area (Å²) < 4.78 is 8.43. The number of ether oxygens (including phenoxy) is 1. The molecule has 0 saturated heterocycles. The first-order valence-corrected chi connectivity index (χ1v) is 14.0. The molecule has 2 heterocycles. The van der Waals surface area contributed by atoms with E-state index in [1.165, 1.54) is 0 Å². The summed E-state index contributed by atoms with van der Waals surface area (Å²) in [5.41, 5.74) is 3.47. The number of hydrogen-bond donors (Lipinski definition) is 0. The van der Waals surface area contributed by atoms with Gasteiger partial charge >= 0.3 is 0 Å². The minimum Gasteiger partial charge on any atom is -0.491 e. The maximum absolute atomic E-state index is 14.3. The van der Waals surface area contributed by atoms with Crippen molar-refractivity contribution in [1.82, 2.24) is 14.4 Å². The van der Waals surface area contributed by atoms with E-state index in [9.17, 15) is 9.59 Å². The lowest BCUT2D eigenvalue weighted by atomic mass is 10.0. The Kier molecular flexibility index (Phi) is 8.30. The molecule has 1 aliphatic rings. The number of carbonyl (C=O) groups is 2. The van der Waals surface area contributed by atoms with Crippen molar-refractivity contribution in [3.05, 3.63) is 102 Å². The van der Waals surface area contributed by atoms with Crippen LogP contribution in [0.2, 0.25) is 0 Å². The normalized spacial score (nSPS) is 17.1. The fourth-order valence-electron chi connectivity index (χ4n) is 5.55. The Bertz CT molecular complexity index is 1430. The Morgan fingerprint density at radius 3 is 2.44 bits per heavy atom. The van der Waals surface area contributed by atoms with Crippen molar-refractivity contribution in [2.24, 2.45) is 7.05 Å². The van der Waals surface area contributed by atoms with E-state index in [0.717, 1.165) is 35.7 Å². The second kappa shape index (κ2) is 12.2. The molecule has 3 aromatic carbocycles. The maximum Gasteiger partial charge on any atom is 0.257 e. The highest BCUT2D eigenvalue weighted by Crippen LogP contribution is 2.26. The van der Waals surface area contributed by atoms with Crippen LogP contribution in [0.4, 0.5) is 0 Å². The van der Waals surface area contributed by atoms with Gasteiger partial charge in [0.2, 0.25) is 0 Å². The molecule has 2 amide bonds. The minimum atomic E-state index is -0.204. The summed E-state index contributed by atoms with van der Waals surface area (Å²) >= 11 is 0. The van der Waals surface area contributed by atoms with Gasteiger partial charge in [0.25, 0.3) is 11.8 Å². The molecule has 0 saturated carbocycles. The molecular formula is C33H37N3O3. The molecule has 6 heteroatoms. The first kappa shape index (κ1) is 26.5. The van der Waals surface area contributed by atoms with E-state index in [1.807, 2.05) is 101 Å². The monoisotopic (exact) mass is 523 g/mol. The van der Waals surface area contributed by atoms with Crippen LogP contribution < -0.4 is 4.74 Å². The van der Waals surface area contributed by atoms with Crippen LogP contribution in [0, 0.1) is 0 Å². The zero-order valence-corrected chi connectivity index (χ0v) is 22.9. The van der Waals surface area contributed by atoms with Gasteiger partial charge in [-0.2, -0.15) is 0 Å². The van der Waals surface area contributed by atoms with Crippen LogP contribution in [0.25, 0.3) is 10.9 Å². The molecule has 0 spiro atoms. The standard InChI is InChI=1S/C33H37N3O3/c1-3-35-20-12-5-13-21-36(33(38)29-23-34(2)30-18-10-8-16-27(29)30)26(22-25-14-6-4-7-15-25)24-39-31-19-11-9-17-28(31)32(35)37/h4,6-11,14-19,23,26H,3,5,12-13,20-22,24H2,1-2H3/t26-/m1/s1. The third-order valence-corrected chi connectivity index (χ3v) is 7.69. The van der Waals surface area contributed by atoms with Gasteiger partial charge in [0.1, 0.15) is 12.4 Å². The molecule has 0 N–H and O–H groups in total. The Labute approximate surface area is 230 Å². The average molecular weight is 524 g/mol. The van der Waals surface area contributed by atoms with Crippen LogP contribution in [-0.2, 0) is 13.5 Å². The predicted octanol–water partition coefficient (Wildman–Crippen LogP) is 5.96. The third-order valence-electron chi connectivity index (χ3n) is 7.69. The van der Waals surface area contributed by atoms with E-state index < -0.39 is 0 Å². The Hall–Kier alpha value is -4.06. The Morgan fingerprint density at radius 1 is 0.897 bits per heavy atom. The van der Waals surface area contributed by atoms with E-state index in [4.69, 9.17) is 4.74 Å². The van der Waals surface area contributed by atoms with E-state index in [-0.39, 0.29) is 17.9 Å². The fraction of sp³-hybridized carbons (Fsp3) is 0.333. The number of hydrogen-bond acceptors (Lipinski definition) is 3. The summed E-state index contributed by atoms with van der Waals surface area (Å²) in [6.45, 7) is 4.27. The number of para-hydroxylation sites is 2. The number of nitrogens with zero attached hydrogens (tertiary/aromatic N) is 3. The van der Waals surface area contributed by atoms with Crippen LogP contribution in [-0.4, -0.2) is 58.5 Å². The number of benzene rings is 3. The Morgan fingerprint density at radius 2 is 1.62 bits per heavy atom. The van der Waals surface area contributed by atoms with Crippen molar-refractivity contribution in [1.29, 1.82) is 0 Å². The van der Waals surface area contributed by atoms with Crippen molar-refractivity contribution in [3.8, 4) is 5.75 Å². The van der Waals surface area contributed by atoms with Crippen LogP contribution in [0.5, 0.6) is 5.75 Å². The molecule has 1 aromatic heterocycles. The van der Waals surface area contributed by atoms with Gasteiger partial charge in [0, 0.05) is 43.8 Å². The van der Waals surface area contributed by atoms with Gasteiger partial charge in [-0.3, -0.25) is 9.59 Å². The molecule has 1 aliphatic heterocycles. The number of rotatable bonds is 4. The number of amides is 2. The van der Waals surface area contributed by atoms with E-state index >= 15 is 0 Å². The van der Waals surface area contributed by atoms with Crippen LogP contribution in [0.1, 0.15) is 52.5 Å². The topological polar surface area (TPSA) is 54.8 Å². The zero-order chi connectivity index (χ0) is 27.2. The van der Waals surface area contributed by atoms with Crippen LogP contribution in [0.15, 0.2) is 85.1 Å². The largest absolute Gasteiger partial charge is 0.491 e. The van der Waals surface area contributed by atoms with Gasteiger partial charge in [0.15, 0.2) is 0 Å². The van der Waals surface area contributed by atoms with Crippen LogP contribution in [0.3, 0.4) is 0 Å². The number of aryl methyl sites for hydroxylation is 1. The predicted molar refractivity (Wildman–Crippen MR) is 155 cm³/mol. The highest BCUT2D eigenvalue weighted by atomic mass is 16.5. The summed E-state index contributed by atoms with van der Waals surface area (Å²) in [5, 5.41) is 0.960. The molecule has 39 heavy (non-hydrogen) atoms. The lowest BCUT2D eigenvalue weighted by Crippen LogP contribution is -2.45. The van der Waals surface area contributed by atoms with Crippen molar-refractivity contribution < 1.29 is 14.3 Å². The van der Waals surface area contributed by atoms with Gasteiger partial charge in [-0.15, -0.1) is 0 Å². The van der Waals surface area contributed by atoms with E-state index in [1.54, 1.807) is 0 Å². The summed E-state index contributed by atoms with van der Waals surface area (Å²) in [7, 11) is 1.98.